The van der Waals surface area contributed by atoms with Crippen molar-refractivity contribution in [3.8, 4) is 0 Å². The van der Waals surface area contributed by atoms with Gasteiger partial charge in [0.15, 0.2) is 0 Å². The second kappa shape index (κ2) is 7.21. The van der Waals surface area contributed by atoms with E-state index in [4.69, 9.17) is 5.11 Å². The first-order valence-electron chi connectivity index (χ1n) is 2.86. The highest BCUT2D eigenvalue weighted by Gasteiger charge is 1.99. The number of carbonyl (C=O) groups is 1. The molecule has 0 rings (SSSR count). The largest absolute Gasteiger partial charge is 0.481 e. The maximum absolute atomic E-state index is 9.70. The van der Waals surface area contributed by atoms with Gasteiger partial charge >= 0.3 is 5.97 Å². The molecule has 0 fully saturated rings. The third-order valence-corrected chi connectivity index (χ3v) is 0.494. The van der Waals surface area contributed by atoms with Gasteiger partial charge in [0.05, 0.1) is 5.92 Å². The van der Waals surface area contributed by atoms with E-state index in [1.54, 1.807) is 19.9 Å². The second-order valence-electron chi connectivity index (χ2n) is 1.90. The lowest BCUT2D eigenvalue weighted by atomic mass is 10.2. The zero-order valence-electron chi connectivity index (χ0n) is 6.22. The molecule has 0 aromatic rings. The standard InChI is InChI=1S/C4H8O2.C3H6/c1-3(2)4(5)6;1-3-2/h3H,1-2H3,(H,5,6);3H,1H2,2H3. The average molecular weight is 130 g/mol. The number of rotatable bonds is 1. The Morgan fingerprint density at radius 1 is 1.67 bits per heavy atom. The first kappa shape index (κ1) is 11.1. The van der Waals surface area contributed by atoms with Gasteiger partial charge in [0.25, 0.3) is 0 Å². The van der Waals surface area contributed by atoms with Gasteiger partial charge in [-0.25, -0.2) is 0 Å². The molecule has 0 aliphatic rings. The lowest BCUT2D eigenvalue weighted by Gasteiger charge is -1.89. The molecule has 0 saturated heterocycles. The van der Waals surface area contributed by atoms with E-state index >= 15 is 0 Å². The number of aliphatic carboxylic acids is 1. The molecule has 0 amide bonds. The van der Waals surface area contributed by atoms with Crippen LogP contribution < -0.4 is 0 Å². The summed E-state index contributed by atoms with van der Waals surface area (Å²) in [7, 11) is 0. The summed E-state index contributed by atoms with van der Waals surface area (Å²) in [4.78, 5) is 9.70. The molecular formula is C7H14O2. The van der Waals surface area contributed by atoms with Gasteiger partial charge in [0.1, 0.15) is 0 Å². The topological polar surface area (TPSA) is 37.3 Å². The number of carboxylic acids is 1. The molecule has 9 heavy (non-hydrogen) atoms. The van der Waals surface area contributed by atoms with Gasteiger partial charge in [-0.3, -0.25) is 4.79 Å². The van der Waals surface area contributed by atoms with Gasteiger partial charge in [-0.15, -0.1) is 6.58 Å². The molecule has 0 aromatic carbocycles. The molecule has 0 atom stereocenters. The summed E-state index contributed by atoms with van der Waals surface area (Å²) in [5, 5.41) is 7.99. The Morgan fingerprint density at radius 3 is 1.78 bits per heavy atom. The van der Waals surface area contributed by atoms with E-state index in [2.05, 4.69) is 6.58 Å². The first-order chi connectivity index (χ1) is 4.06. The predicted molar refractivity (Wildman–Crippen MR) is 38.3 cm³/mol. The van der Waals surface area contributed by atoms with Crippen molar-refractivity contribution >= 4 is 5.97 Å². The molecule has 54 valence electrons. The summed E-state index contributed by atoms with van der Waals surface area (Å²) in [6, 6.07) is 0. The highest BCUT2D eigenvalue weighted by molar-refractivity contribution is 5.68. The summed E-state index contributed by atoms with van der Waals surface area (Å²) in [6.07, 6.45) is 1.75. The second-order valence-corrected chi connectivity index (χ2v) is 1.90. The van der Waals surface area contributed by atoms with Crippen molar-refractivity contribution in [1.29, 1.82) is 0 Å². The van der Waals surface area contributed by atoms with E-state index in [0.717, 1.165) is 0 Å². The molecule has 0 aromatic heterocycles. The van der Waals surface area contributed by atoms with Crippen LogP contribution in [0.3, 0.4) is 0 Å². The molecule has 0 bridgehead atoms. The fourth-order valence-corrected chi connectivity index (χ4v) is 0. The maximum Gasteiger partial charge on any atom is 0.305 e. The molecule has 0 spiro atoms. The van der Waals surface area contributed by atoms with Crippen molar-refractivity contribution in [3.63, 3.8) is 0 Å². The molecule has 0 aliphatic carbocycles. The minimum absolute atomic E-state index is 0.231. The number of hydrogen-bond donors (Lipinski definition) is 1. The Bertz CT molecular complexity index is 84.9. The van der Waals surface area contributed by atoms with Crippen molar-refractivity contribution in [3.05, 3.63) is 12.7 Å². The monoisotopic (exact) mass is 130 g/mol. The average Bonchev–Trinajstić information content (AvgIpc) is 1.68. The first-order valence-corrected chi connectivity index (χ1v) is 2.86. The van der Waals surface area contributed by atoms with Crippen LogP contribution in [0.1, 0.15) is 20.8 Å². The molecule has 1 N–H and O–H groups in total. The quantitative estimate of drug-likeness (QED) is 0.550. The minimum atomic E-state index is -0.741. The summed E-state index contributed by atoms with van der Waals surface area (Å²) in [5.74, 6) is -0.972. The number of carboxylic acid groups (broad SMARTS) is 1. The van der Waals surface area contributed by atoms with E-state index < -0.39 is 5.97 Å². The SMILES string of the molecule is C=CC.CC(C)C(=O)O. The van der Waals surface area contributed by atoms with E-state index in [9.17, 15) is 4.79 Å². The van der Waals surface area contributed by atoms with Crippen LogP contribution >= 0.6 is 0 Å². The molecule has 2 nitrogen and oxygen atoms in total. The Labute approximate surface area is 56.2 Å². The van der Waals surface area contributed by atoms with E-state index in [1.807, 2.05) is 6.92 Å². The third-order valence-electron chi connectivity index (χ3n) is 0.494. The van der Waals surface area contributed by atoms with Crippen LogP contribution in [0.25, 0.3) is 0 Å². The Kier molecular flexibility index (Phi) is 8.87. The highest BCUT2D eigenvalue weighted by atomic mass is 16.4. The van der Waals surface area contributed by atoms with Crippen LogP contribution in [-0.4, -0.2) is 11.1 Å². The van der Waals surface area contributed by atoms with Crippen molar-refractivity contribution in [2.45, 2.75) is 20.8 Å². The lowest BCUT2D eigenvalue weighted by molar-refractivity contribution is -0.140. The van der Waals surface area contributed by atoms with Crippen molar-refractivity contribution in [2.75, 3.05) is 0 Å². The van der Waals surface area contributed by atoms with E-state index in [-0.39, 0.29) is 5.92 Å². The van der Waals surface area contributed by atoms with E-state index in [1.165, 1.54) is 0 Å². The fraction of sp³-hybridized carbons (Fsp3) is 0.571. The third kappa shape index (κ3) is 19.0. The summed E-state index contributed by atoms with van der Waals surface area (Å²) < 4.78 is 0. The Morgan fingerprint density at radius 2 is 1.78 bits per heavy atom. The van der Waals surface area contributed by atoms with Crippen molar-refractivity contribution in [1.82, 2.24) is 0 Å². The van der Waals surface area contributed by atoms with Gasteiger partial charge < -0.3 is 5.11 Å². The van der Waals surface area contributed by atoms with Crippen LogP contribution in [0.4, 0.5) is 0 Å². The summed E-state index contributed by atoms with van der Waals surface area (Å²) >= 11 is 0. The van der Waals surface area contributed by atoms with E-state index in [0.29, 0.717) is 0 Å². The predicted octanol–water partition coefficient (Wildman–Crippen LogP) is 1.92. The molecule has 0 heterocycles. The van der Waals surface area contributed by atoms with Crippen LogP contribution in [-0.2, 0) is 4.79 Å². The maximum atomic E-state index is 9.70. The molecular weight excluding hydrogens is 116 g/mol. The zero-order valence-corrected chi connectivity index (χ0v) is 6.22. The summed E-state index contributed by atoms with van der Waals surface area (Å²) in [5.41, 5.74) is 0. The van der Waals surface area contributed by atoms with Crippen LogP contribution in [0.2, 0.25) is 0 Å². The van der Waals surface area contributed by atoms with Crippen LogP contribution in [0, 0.1) is 5.92 Å². The van der Waals surface area contributed by atoms with Crippen molar-refractivity contribution in [2.24, 2.45) is 5.92 Å². The lowest BCUT2D eigenvalue weighted by Crippen LogP contribution is -2.03. The smallest absolute Gasteiger partial charge is 0.305 e. The highest BCUT2D eigenvalue weighted by Crippen LogP contribution is 1.87. The molecule has 0 unspecified atom stereocenters. The zero-order chi connectivity index (χ0) is 7.86. The van der Waals surface area contributed by atoms with Gasteiger partial charge in [-0.1, -0.05) is 19.9 Å². The number of hydrogen-bond acceptors (Lipinski definition) is 1. The normalized spacial score (nSPS) is 7.56. The van der Waals surface area contributed by atoms with Crippen molar-refractivity contribution < 1.29 is 9.90 Å². The van der Waals surface area contributed by atoms with Gasteiger partial charge in [-0.05, 0) is 6.92 Å². The van der Waals surface area contributed by atoms with Gasteiger partial charge in [0, 0.05) is 0 Å². The van der Waals surface area contributed by atoms with Crippen LogP contribution in [0.15, 0.2) is 12.7 Å². The van der Waals surface area contributed by atoms with Gasteiger partial charge in [-0.2, -0.15) is 0 Å². The fourth-order valence-electron chi connectivity index (χ4n) is 0. The summed E-state index contributed by atoms with van der Waals surface area (Å²) in [6.45, 7) is 8.53. The Balaban J connectivity index is 0. The minimum Gasteiger partial charge on any atom is -0.481 e. The molecule has 0 aliphatic heterocycles. The van der Waals surface area contributed by atoms with Gasteiger partial charge in [0.2, 0.25) is 0 Å². The molecule has 2 heteroatoms. The Hall–Kier alpha value is -0.790. The molecule has 0 radical (unpaired) electrons. The van der Waals surface area contributed by atoms with Crippen LogP contribution in [0.5, 0.6) is 0 Å². The number of allylic oxidation sites excluding steroid dienone is 1. The molecule has 0 saturated carbocycles.